The van der Waals surface area contributed by atoms with E-state index in [1.54, 1.807) is 4.90 Å². The monoisotopic (exact) mass is 216 g/mol. The molecule has 0 radical (unpaired) electrons. The maximum atomic E-state index is 10.7. The molecule has 0 aromatic carbocycles. The van der Waals surface area contributed by atoms with Gasteiger partial charge in [0.2, 0.25) is 0 Å². The zero-order valence-electron chi connectivity index (χ0n) is 10.0. The zero-order chi connectivity index (χ0) is 11.8. The van der Waals surface area contributed by atoms with Crippen LogP contribution in [0.2, 0.25) is 0 Å². The minimum Gasteiger partial charge on any atom is -0.459 e. The molecule has 0 N–H and O–H groups in total. The fraction of sp³-hybridized carbons (Fsp3) is 0.800. The lowest BCUT2D eigenvalue weighted by Gasteiger charge is -2.43. The molecular formula is C10H17NO2S. The summed E-state index contributed by atoms with van der Waals surface area (Å²) >= 11 is 5.27. The number of thiocarbonyl (C=S) groups is 1. The molecule has 1 fully saturated rings. The average molecular weight is 216 g/mol. The van der Waals surface area contributed by atoms with Gasteiger partial charge in [-0.15, -0.1) is 0 Å². The van der Waals surface area contributed by atoms with Crippen molar-refractivity contribution in [2.75, 3.05) is 13.1 Å². The second-order valence-electron chi connectivity index (χ2n) is 4.50. The van der Waals surface area contributed by atoms with Crippen LogP contribution in [0.15, 0.2) is 0 Å². The van der Waals surface area contributed by atoms with Gasteiger partial charge in [-0.2, -0.15) is 0 Å². The Hall–Kier alpha value is -0.640. The van der Waals surface area contributed by atoms with E-state index < -0.39 is 6.52 Å². The first kappa shape index (κ1) is 9.90. The van der Waals surface area contributed by atoms with Gasteiger partial charge in [0.05, 0.1) is 19.4 Å². The summed E-state index contributed by atoms with van der Waals surface area (Å²) in [6.07, 6.45) is -0.331. The van der Waals surface area contributed by atoms with E-state index in [-0.39, 0.29) is 17.5 Å². The summed E-state index contributed by atoms with van der Waals surface area (Å²) in [4.78, 5) is 13.3. The topological polar surface area (TPSA) is 29.5 Å². The molecule has 0 spiro atoms. The molecule has 1 aliphatic rings. The number of carbonyl (C=O) groups excluding carboxylic acids is 1. The zero-order valence-corrected chi connectivity index (χ0v) is 9.85. The smallest absolute Gasteiger partial charge is 0.303 e. The van der Waals surface area contributed by atoms with E-state index in [1.807, 2.05) is 20.8 Å². The molecule has 0 unspecified atom stereocenters. The number of carbonyl (C=O) groups is 1. The van der Waals surface area contributed by atoms with Gasteiger partial charge in [-0.05, 0) is 0 Å². The van der Waals surface area contributed by atoms with Gasteiger partial charge in [0.25, 0.3) is 0 Å². The second kappa shape index (κ2) is 3.85. The van der Waals surface area contributed by atoms with Crippen molar-refractivity contribution in [2.45, 2.75) is 33.8 Å². The van der Waals surface area contributed by atoms with E-state index in [9.17, 15) is 4.79 Å². The number of rotatable bonds is 1. The molecule has 1 heterocycles. The van der Waals surface area contributed by atoms with E-state index in [0.717, 1.165) is 4.99 Å². The van der Waals surface area contributed by atoms with Crippen LogP contribution in [0, 0.1) is 5.41 Å². The van der Waals surface area contributed by atoms with Gasteiger partial charge in [0.15, 0.2) is 0 Å². The van der Waals surface area contributed by atoms with Gasteiger partial charge in [0, 0.05) is 12.3 Å². The number of esters is 1. The van der Waals surface area contributed by atoms with Crippen molar-refractivity contribution in [1.29, 1.82) is 0 Å². The molecule has 4 heteroatoms. The Bertz CT molecular complexity index is 288. The van der Waals surface area contributed by atoms with Crippen LogP contribution < -0.4 is 0 Å². The molecular weight excluding hydrogens is 198 g/mol. The number of hydrogen-bond acceptors (Lipinski definition) is 3. The van der Waals surface area contributed by atoms with Crippen LogP contribution in [0.3, 0.4) is 0 Å². The van der Waals surface area contributed by atoms with E-state index >= 15 is 0 Å². The molecule has 1 saturated heterocycles. The van der Waals surface area contributed by atoms with Crippen LogP contribution >= 0.6 is 12.2 Å². The first-order valence-electron chi connectivity index (χ1n) is 5.22. The molecule has 0 bridgehead atoms. The van der Waals surface area contributed by atoms with Crippen LogP contribution in [0.25, 0.3) is 0 Å². The lowest BCUT2D eigenvalue weighted by atomic mass is 9.94. The predicted molar refractivity (Wildman–Crippen MR) is 59.2 cm³/mol. The van der Waals surface area contributed by atoms with E-state index in [0.29, 0.717) is 6.54 Å². The molecule has 1 rings (SSSR count). The van der Waals surface area contributed by atoms with Crippen molar-refractivity contribution in [3.8, 4) is 0 Å². The Labute approximate surface area is 91.8 Å². The maximum absolute atomic E-state index is 10.7. The van der Waals surface area contributed by atoms with Crippen LogP contribution in [0.5, 0.6) is 0 Å². The normalized spacial score (nSPS) is 27.7. The fourth-order valence-electron chi connectivity index (χ4n) is 1.23. The predicted octanol–water partition coefficient (Wildman–Crippen LogP) is 1.61. The van der Waals surface area contributed by atoms with Gasteiger partial charge in [-0.3, -0.25) is 4.79 Å². The molecule has 0 aromatic rings. The standard InChI is InChI=1S/C10H17NO2S/c1-7(12)13-8-5-11(6-8)9(14)10(2,3)4/h8H,5-6H2,1-4H3/i5D/t5-,8-/m0/s1. The molecule has 2 atom stereocenters. The summed E-state index contributed by atoms with van der Waals surface area (Å²) in [7, 11) is 0. The average Bonchev–Trinajstić information content (AvgIpc) is 2.08. The highest BCUT2D eigenvalue weighted by molar-refractivity contribution is 7.80. The summed E-state index contributed by atoms with van der Waals surface area (Å²) in [5, 5.41) is 0. The number of likely N-dealkylation sites (tertiary alicyclic amines) is 1. The minimum absolute atomic E-state index is 0.115. The largest absolute Gasteiger partial charge is 0.459 e. The summed E-state index contributed by atoms with van der Waals surface area (Å²) in [5.41, 5.74) is -0.115. The van der Waals surface area contributed by atoms with Crippen LogP contribution in [0.1, 0.15) is 29.1 Å². The molecule has 0 saturated carbocycles. The van der Waals surface area contributed by atoms with E-state index in [1.165, 1.54) is 6.92 Å². The highest BCUT2D eigenvalue weighted by atomic mass is 32.1. The molecule has 80 valence electrons. The maximum Gasteiger partial charge on any atom is 0.303 e. The quantitative estimate of drug-likeness (QED) is 0.492. The molecule has 14 heavy (non-hydrogen) atoms. The fourth-order valence-corrected chi connectivity index (χ4v) is 1.36. The third-order valence-electron chi connectivity index (χ3n) is 1.94. The Balaban J connectivity index is 2.52. The molecule has 0 amide bonds. The second-order valence-corrected chi connectivity index (χ2v) is 4.89. The first-order valence-corrected chi connectivity index (χ1v) is 5.05. The van der Waals surface area contributed by atoms with Crippen LogP contribution in [-0.4, -0.2) is 35.0 Å². The van der Waals surface area contributed by atoms with Crippen molar-refractivity contribution in [2.24, 2.45) is 5.41 Å². The molecule has 1 aliphatic heterocycles. The Morgan fingerprint density at radius 3 is 2.57 bits per heavy atom. The van der Waals surface area contributed by atoms with Gasteiger partial charge >= 0.3 is 5.97 Å². The summed E-state index contributed by atoms with van der Waals surface area (Å²) in [6, 6.07) is 0. The summed E-state index contributed by atoms with van der Waals surface area (Å²) in [6.45, 7) is 7.41. The van der Waals surface area contributed by atoms with Crippen molar-refractivity contribution in [3.63, 3.8) is 0 Å². The SMILES string of the molecule is [2H][C@H]1[C@H](OC(C)=O)CN1C(=S)C(C)(C)C. The Kier molecular flexibility index (Phi) is 2.72. The molecule has 0 aromatic heterocycles. The number of ether oxygens (including phenoxy) is 1. The highest BCUT2D eigenvalue weighted by Crippen LogP contribution is 2.24. The van der Waals surface area contributed by atoms with Gasteiger partial charge in [0.1, 0.15) is 6.10 Å². The Morgan fingerprint density at radius 1 is 1.64 bits per heavy atom. The lowest BCUT2D eigenvalue weighted by Crippen LogP contribution is -2.57. The Morgan fingerprint density at radius 2 is 2.21 bits per heavy atom. The van der Waals surface area contributed by atoms with Crippen molar-refractivity contribution < 1.29 is 10.9 Å². The first-order chi connectivity index (χ1) is 6.73. The highest BCUT2D eigenvalue weighted by Gasteiger charge is 2.34. The van der Waals surface area contributed by atoms with Gasteiger partial charge in [-0.25, -0.2) is 0 Å². The minimum atomic E-state index is -0.541. The summed E-state index contributed by atoms with van der Waals surface area (Å²) < 4.78 is 12.8. The van der Waals surface area contributed by atoms with Crippen molar-refractivity contribution >= 4 is 23.2 Å². The van der Waals surface area contributed by atoms with Crippen molar-refractivity contribution in [3.05, 3.63) is 0 Å². The lowest BCUT2D eigenvalue weighted by molar-refractivity contribution is -0.152. The van der Waals surface area contributed by atoms with E-state index in [4.69, 9.17) is 18.3 Å². The molecule has 3 nitrogen and oxygen atoms in total. The van der Waals surface area contributed by atoms with E-state index in [2.05, 4.69) is 0 Å². The molecule has 0 aliphatic carbocycles. The van der Waals surface area contributed by atoms with Gasteiger partial charge < -0.3 is 9.64 Å². The number of hydrogen-bond donors (Lipinski definition) is 0. The van der Waals surface area contributed by atoms with Crippen LogP contribution in [-0.2, 0) is 9.53 Å². The van der Waals surface area contributed by atoms with Crippen molar-refractivity contribution in [1.82, 2.24) is 4.90 Å². The number of nitrogens with zero attached hydrogens (tertiary/aromatic N) is 1. The summed E-state index contributed by atoms with van der Waals surface area (Å²) in [5.74, 6) is -0.335. The third-order valence-corrected chi connectivity index (χ3v) is 2.79. The third kappa shape index (κ3) is 2.67. The van der Waals surface area contributed by atoms with Gasteiger partial charge in [-0.1, -0.05) is 33.0 Å². The van der Waals surface area contributed by atoms with Crippen LogP contribution in [0.4, 0.5) is 0 Å².